The zero-order chi connectivity index (χ0) is 16.4. The Balaban J connectivity index is 1.75. The summed E-state index contributed by atoms with van der Waals surface area (Å²) in [5.74, 6) is 0.143. The van der Waals surface area contributed by atoms with E-state index in [1.807, 2.05) is 54.3 Å². The highest BCUT2D eigenvalue weighted by Gasteiger charge is 2.38. The number of piperidine rings is 1. The van der Waals surface area contributed by atoms with E-state index in [4.69, 9.17) is 0 Å². The standard InChI is InChI=1S/C19H24N2O2/c1-3-15-13-21(12-11-19(15,2)23)18(22)17-10-9-16(20-17)14-7-5-4-6-8-14/h4-10,15,20,23H,3,11-13H2,1-2H3/t15-,19+/m0/s1. The van der Waals surface area contributed by atoms with Gasteiger partial charge in [0.1, 0.15) is 5.69 Å². The number of carbonyl (C=O) groups is 1. The maximum Gasteiger partial charge on any atom is 0.270 e. The first-order chi connectivity index (χ1) is 11.0. The first kappa shape index (κ1) is 15.8. The van der Waals surface area contributed by atoms with Gasteiger partial charge in [0.05, 0.1) is 5.60 Å². The largest absolute Gasteiger partial charge is 0.390 e. The molecule has 0 saturated carbocycles. The molecule has 0 radical (unpaired) electrons. The van der Waals surface area contributed by atoms with E-state index >= 15 is 0 Å². The fraction of sp³-hybridized carbons (Fsp3) is 0.421. The van der Waals surface area contributed by atoms with E-state index in [0.717, 1.165) is 17.7 Å². The van der Waals surface area contributed by atoms with E-state index < -0.39 is 5.60 Å². The number of rotatable bonds is 3. The lowest BCUT2D eigenvalue weighted by atomic mass is 9.81. The highest BCUT2D eigenvalue weighted by Crippen LogP contribution is 2.30. The molecule has 4 heteroatoms. The molecule has 2 N–H and O–H groups in total. The molecule has 2 heterocycles. The summed E-state index contributed by atoms with van der Waals surface area (Å²) in [5, 5.41) is 10.4. The molecule has 1 aliphatic rings. The van der Waals surface area contributed by atoms with Gasteiger partial charge < -0.3 is 15.0 Å². The summed E-state index contributed by atoms with van der Waals surface area (Å²) in [6, 6.07) is 13.8. The molecule has 1 aliphatic heterocycles. The normalized spacial score (nSPS) is 24.7. The van der Waals surface area contributed by atoms with Gasteiger partial charge in [-0.05, 0) is 37.5 Å². The van der Waals surface area contributed by atoms with Gasteiger partial charge in [-0.25, -0.2) is 0 Å². The molecule has 2 atom stereocenters. The van der Waals surface area contributed by atoms with Crippen molar-refractivity contribution in [2.24, 2.45) is 5.92 Å². The topological polar surface area (TPSA) is 56.3 Å². The van der Waals surface area contributed by atoms with E-state index in [9.17, 15) is 9.90 Å². The summed E-state index contributed by atoms with van der Waals surface area (Å²) in [4.78, 5) is 17.8. The molecule has 1 saturated heterocycles. The molecule has 0 unspecified atom stereocenters. The Morgan fingerprint density at radius 1 is 1.30 bits per heavy atom. The van der Waals surface area contributed by atoms with Crippen LogP contribution >= 0.6 is 0 Å². The van der Waals surface area contributed by atoms with Gasteiger partial charge >= 0.3 is 0 Å². The van der Waals surface area contributed by atoms with E-state index in [2.05, 4.69) is 11.9 Å². The van der Waals surface area contributed by atoms with Crippen molar-refractivity contribution in [3.63, 3.8) is 0 Å². The number of likely N-dealkylation sites (tertiary alicyclic amines) is 1. The van der Waals surface area contributed by atoms with Gasteiger partial charge in [-0.15, -0.1) is 0 Å². The average Bonchev–Trinajstić information content (AvgIpc) is 3.05. The number of hydrogen-bond donors (Lipinski definition) is 2. The van der Waals surface area contributed by atoms with Gasteiger partial charge in [-0.2, -0.15) is 0 Å². The van der Waals surface area contributed by atoms with Crippen LogP contribution in [-0.4, -0.2) is 39.6 Å². The van der Waals surface area contributed by atoms with Crippen LogP contribution in [-0.2, 0) is 0 Å². The van der Waals surface area contributed by atoms with Crippen LogP contribution in [0.25, 0.3) is 11.3 Å². The molecule has 0 aliphatic carbocycles. The van der Waals surface area contributed by atoms with Crippen LogP contribution in [0.15, 0.2) is 42.5 Å². The smallest absolute Gasteiger partial charge is 0.270 e. The Hall–Kier alpha value is -2.07. The highest BCUT2D eigenvalue weighted by molar-refractivity contribution is 5.93. The maximum atomic E-state index is 12.7. The number of amides is 1. The number of H-pyrrole nitrogens is 1. The molecule has 0 bridgehead atoms. The Labute approximate surface area is 137 Å². The van der Waals surface area contributed by atoms with E-state index in [1.54, 1.807) is 0 Å². The van der Waals surface area contributed by atoms with Crippen LogP contribution in [0.5, 0.6) is 0 Å². The zero-order valence-electron chi connectivity index (χ0n) is 13.7. The molecule has 1 fully saturated rings. The van der Waals surface area contributed by atoms with Crippen molar-refractivity contribution < 1.29 is 9.90 Å². The van der Waals surface area contributed by atoms with Crippen LogP contribution in [0.1, 0.15) is 37.2 Å². The van der Waals surface area contributed by atoms with E-state index in [-0.39, 0.29) is 11.8 Å². The summed E-state index contributed by atoms with van der Waals surface area (Å²) in [7, 11) is 0. The summed E-state index contributed by atoms with van der Waals surface area (Å²) in [6.07, 6.45) is 1.50. The first-order valence-corrected chi connectivity index (χ1v) is 8.27. The number of benzene rings is 1. The van der Waals surface area contributed by atoms with Crippen molar-refractivity contribution in [1.29, 1.82) is 0 Å². The molecule has 0 spiro atoms. The van der Waals surface area contributed by atoms with Crippen molar-refractivity contribution in [1.82, 2.24) is 9.88 Å². The van der Waals surface area contributed by atoms with Gasteiger partial charge in [0.25, 0.3) is 5.91 Å². The fourth-order valence-corrected chi connectivity index (χ4v) is 3.35. The summed E-state index contributed by atoms with van der Waals surface area (Å²) >= 11 is 0. The lowest BCUT2D eigenvalue weighted by Gasteiger charge is -2.42. The lowest BCUT2D eigenvalue weighted by molar-refractivity contribution is -0.0522. The molecule has 3 rings (SSSR count). The second-order valence-electron chi connectivity index (χ2n) is 6.62. The molecule has 1 amide bonds. The molecule has 1 aromatic heterocycles. The minimum Gasteiger partial charge on any atom is -0.390 e. The summed E-state index contributed by atoms with van der Waals surface area (Å²) < 4.78 is 0. The molecule has 23 heavy (non-hydrogen) atoms. The van der Waals surface area contributed by atoms with Crippen molar-refractivity contribution >= 4 is 5.91 Å². The maximum absolute atomic E-state index is 12.7. The van der Waals surface area contributed by atoms with Crippen LogP contribution in [0.4, 0.5) is 0 Å². The van der Waals surface area contributed by atoms with Gasteiger partial charge in [0.2, 0.25) is 0 Å². The minimum absolute atomic E-state index is 0.0149. The third kappa shape index (κ3) is 3.17. The molecular formula is C19H24N2O2. The Bertz CT molecular complexity index is 676. The van der Waals surface area contributed by atoms with Crippen LogP contribution in [0.3, 0.4) is 0 Å². The third-order valence-electron chi connectivity index (χ3n) is 4.99. The lowest BCUT2D eigenvalue weighted by Crippen LogP contribution is -2.51. The van der Waals surface area contributed by atoms with E-state index in [0.29, 0.717) is 25.2 Å². The fourth-order valence-electron chi connectivity index (χ4n) is 3.35. The highest BCUT2D eigenvalue weighted by atomic mass is 16.3. The number of carbonyl (C=O) groups excluding carboxylic acids is 1. The second-order valence-corrected chi connectivity index (χ2v) is 6.62. The number of aromatic amines is 1. The van der Waals surface area contributed by atoms with Gasteiger partial charge in [-0.1, -0.05) is 37.3 Å². The second kappa shape index (κ2) is 6.20. The summed E-state index contributed by atoms with van der Waals surface area (Å²) in [6.45, 7) is 5.16. The average molecular weight is 312 g/mol. The first-order valence-electron chi connectivity index (χ1n) is 8.27. The van der Waals surface area contributed by atoms with Crippen LogP contribution in [0, 0.1) is 5.92 Å². The Morgan fingerprint density at radius 3 is 2.74 bits per heavy atom. The molecule has 2 aromatic rings. The molecule has 4 nitrogen and oxygen atoms in total. The van der Waals surface area contributed by atoms with E-state index in [1.165, 1.54) is 0 Å². The molecule has 1 aromatic carbocycles. The third-order valence-corrected chi connectivity index (χ3v) is 4.99. The SMILES string of the molecule is CC[C@H]1CN(C(=O)c2ccc(-c3ccccc3)[nH]2)CC[C@@]1(C)O. The zero-order valence-corrected chi connectivity index (χ0v) is 13.7. The van der Waals surface area contributed by atoms with Crippen molar-refractivity contribution in [2.45, 2.75) is 32.3 Å². The number of nitrogens with one attached hydrogen (secondary N) is 1. The Kier molecular flexibility index (Phi) is 4.26. The van der Waals surface area contributed by atoms with Crippen LogP contribution < -0.4 is 0 Å². The van der Waals surface area contributed by atoms with Gasteiger partial charge in [0.15, 0.2) is 0 Å². The van der Waals surface area contributed by atoms with Gasteiger partial charge in [0, 0.05) is 24.7 Å². The number of aromatic nitrogens is 1. The Morgan fingerprint density at radius 2 is 2.04 bits per heavy atom. The van der Waals surface area contributed by atoms with Crippen molar-refractivity contribution in [3.05, 3.63) is 48.2 Å². The molecular weight excluding hydrogens is 288 g/mol. The summed E-state index contributed by atoms with van der Waals surface area (Å²) in [5.41, 5.74) is 1.96. The number of hydrogen-bond acceptors (Lipinski definition) is 2. The van der Waals surface area contributed by atoms with Crippen LogP contribution in [0.2, 0.25) is 0 Å². The monoisotopic (exact) mass is 312 g/mol. The molecule has 122 valence electrons. The van der Waals surface area contributed by atoms with Crippen molar-refractivity contribution in [3.8, 4) is 11.3 Å². The van der Waals surface area contributed by atoms with Crippen molar-refractivity contribution in [2.75, 3.05) is 13.1 Å². The minimum atomic E-state index is -0.670. The quantitative estimate of drug-likeness (QED) is 0.913. The number of aliphatic hydroxyl groups is 1. The predicted octanol–water partition coefficient (Wildman–Crippen LogP) is 3.30. The predicted molar refractivity (Wildman–Crippen MR) is 91.2 cm³/mol. The van der Waals surface area contributed by atoms with Gasteiger partial charge in [-0.3, -0.25) is 4.79 Å². The number of nitrogens with zero attached hydrogens (tertiary/aromatic N) is 1.